The van der Waals surface area contributed by atoms with Gasteiger partial charge in [-0.05, 0) is 35.4 Å². The van der Waals surface area contributed by atoms with Crippen molar-refractivity contribution in [2.75, 3.05) is 7.05 Å². The van der Waals surface area contributed by atoms with Crippen LogP contribution in [0.15, 0.2) is 59.1 Å². The summed E-state index contributed by atoms with van der Waals surface area (Å²) in [6.07, 6.45) is 3.17. The van der Waals surface area contributed by atoms with Crippen LogP contribution in [0.4, 0.5) is 4.39 Å². The Morgan fingerprint density at radius 2 is 1.86 bits per heavy atom. The summed E-state index contributed by atoms with van der Waals surface area (Å²) in [5.41, 5.74) is 1.84. The number of carbonyl (C=O) groups excluding carboxylic acids is 1. The van der Waals surface area contributed by atoms with Gasteiger partial charge in [0.15, 0.2) is 0 Å². The maximum Gasteiger partial charge on any atom is 0.246 e. The summed E-state index contributed by atoms with van der Waals surface area (Å²) in [7, 11) is 1.75. The molecule has 0 aromatic heterocycles. The van der Waals surface area contributed by atoms with E-state index in [-0.39, 0.29) is 11.7 Å². The molecule has 0 bridgehead atoms. The van der Waals surface area contributed by atoms with Gasteiger partial charge in [-0.3, -0.25) is 4.79 Å². The van der Waals surface area contributed by atoms with Crippen molar-refractivity contribution in [2.24, 2.45) is 0 Å². The predicted molar refractivity (Wildman–Crippen MR) is 86.1 cm³/mol. The van der Waals surface area contributed by atoms with E-state index >= 15 is 0 Å². The fourth-order valence-electron chi connectivity index (χ4n) is 1.83. The van der Waals surface area contributed by atoms with Crippen molar-refractivity contribution in [1.82, 2.24) is 4.90 Å². The molecule has 0 aliphatic carbocycles. The maximum absolute atomic E-state index is 12.8. The molecule has 0 spiro atoms. The molecule has 0 unspecified atom stereocenters. The van der Waals surface area contributed by atoms with Crippen LogP contribution in [-0.2, 0) is 11.3 Å². The van der Waals surface area contributed by atoms with Crippen molar-refractivity contribution in [2.45, 2.75) is 6.54 Å². The number of benzene rings is 2. The third-order valence-corrected chi connectivity index (χ3v) is 3.80. The van der Waals surface area contributed by atoms with Gasteiger partial charge in [0.2, 0.25) is 5.91 Å². The minimum Gasteiger partial charge on any atom is -0.338 e. The Kier molecular flexibility index (Phi) is 5.28. The van der Waals surface area contributed by atoms with Crippen molar-refractivity contribution in [3.05, 3.63) is 76.0 Å². The Labute approximate surface area is 132 Å². The van der Waals surface area contributed by atoms with E-state index < -0.39 is 0 Å². The Hall–Kier alpha value is -1.94. The quantitative estimate of drug-likeness (QED) is 0.756. The molecular formula is C17H15BrFNO. The largest absolute Gasteiger partial charge is 0.338 e. The van der Waals surface area contributed by atoms with E-state index in [1.807, 2.05) is 24.3 Å². The van der Waals surface area contributed by atoms with Crippen molar-refractivity contribution in [3.63, 3.8) is 0 Å². The number of hydrogen-bond donors (Lipinski definition) is 0. The van der Waals surface area contributed by atoms with Crippen LogP contribution in [0.25, 0.3) is 6.08 Å². The SMILES string of the molecule is CN(Cc1ccccc1Br)C(=O)/C=C/c1ccc(F)cc1. The summed E-state index contributed by atoms with van der Waals surface area (Å²) >= 11 is 3.46. The Morgan fingerprint density at radius 1 is 1.19 bits per heavy atom. The molecule has 2 nitrogen and oxygen atoms in total. The first-order valence-electron chi connectivity index (χ1n) is 6.48. The van der Waals surface area contributed by atoms with E-state index in [1.165, 1.54) is 18.2 Å². The van der Waals surface area contributed by atoms with Crippen LogP contribution in [0, 0.1) is 5.82 Å². The first-order chi connectivity index (χ1) is 10.1. The van der Waals surface area contributed by atoms with Crippen LogP contribution in [-0.4, -0.2) is 17.9 Å². The van der Waals surface area contributed by atoms with Gasteiger partial charge < -0.3 is 4.90 Å². The van der Waals surface area contributed by atoms with E-state index in [0.29, 0.717) is 6.54 Å². The minimum absolute atomic E-state index is 0.102. The molecule has 0 fully saturated rings. The zero-order chi connectivity index (χ0) is 15.2. The Bertz CT molecular complexity index is 652. The lowest BCUT2D eigenvalue weighted by Crippen LogP contribution is -2.24. The van der Waals surface area contributed by atoms with E-state index in [1.54, 1.807) is 30.2 Å². The first-order valence-corrected chi connectivity index (χ1v) is 7.28. The summed E-state index contributed by atoms with van der Waals surface area (Å²) in [4.78, 5) is 13.7. The van der Waals surface area contributed by atoms with E-state index in [9.17, 15) is 9.18 Å². The van der Waals surface area contributed by atoms with E-state index in [2.05, 4.69) is 15.9 Å². The van der Waals surface area contributed by atoms with Gasteiger partial charge in [-0.15, -0.1) is 0 Å². The molecule has 0 heterocycles. The standard InChI is InChI=1S/C17H15BrFNO/c1-20(12-14-4-2-3-5-16(14)18)17(21)11-8-13-6-9-15(19)10-7-13/h2-11H,12H2,1H3/b11-8+. The van der Waals surface area contributed by atoms with E-state index in [0.717, 1.165) is 15.6 Å². The number of nitrogens with zero attached hydrogens (tertiary/aromatic N) is 1. The molecule has 0 saturated carbocycles. The number of hydrogen-bond acceptors (Lipinski definition) is 1. The number of amides is 1. The zero-order valence-electron chi connectivity index (χ0n) is 11.6. The number of rotatable bonds is 4. The van der Waals surface area contributed by atoms with Gasteiger partial charge >= 0.3 is 0 Å². The molecule has 0 N–H and O–H groups in total. The van der Waals surface area contributed by atoms with E-state index in [4.69, 9.17) is 0 Å². The average molecular weight is 348 g/mol. The fraction of sp³-hybridized carbons (Fsp3) is 0.118. The average Bonchev–Trinajstić information content (AvgIpc) is 2.48. The first kappa shape index (κ1) is 15.4. The molecule has 2 aromatic carbocycles. The summed E-state index contributed by atoms with van der Waals surface area (Å²) in [5.74, 6) is -0.389. The third-order valence-electron chi connectivity index (χ3n) is 3.03. The number of halogens is 2. The van der Waals surface area contributed by atoms with Crippen molar-refractivity contribution in [3.8, 4) is 0 Å². The highest BCUT2D eigenvalue weighted by Crippen LogP contribution is 2.17. The molecule has 0 aliphatic rings. The van der Waals surface area contributed by atoms with Gasteiger partial charge in [-0.25, -0.2) is 4.39 Å². The van der Waals surface area contributed by atoms with Gasteiger partial charge in [0, 0.05) is 24.1 Å². The number of carbonyl (C=O) groups is 1. The normalized spacial score (nSPS) is 10.8. The smallest absolute Gasteiger partial charge is 0.246 e. The molecular weight excluding hydrogens is 333 g/mol. The highest BCUT2D eigenvalue weighted by molar-refractivity contribution is 9.10. The molecule has 0 saturated heterocycles. The van der Waals surface area contributed by atoms with Gasteiger partial charge in [0.05, 0.1) is 0 Å². The molecule has 1 amide bonds. The Morgan fingerprint density at radius 3 is 2.52 bits per heavy atom. The minimum atomic E-state index is -0.287. The summed E-state index contributed by atoms with van der Waals surface area (Å²) < 4.78 is 13.8. The number of likely N-dealkylation sites (N-methyl/N-ethyl adjacent to an activating group) is 1. The molecule has 4 heteroatoms. The predicted octanol–water partition coefficient (Wildman–Crippen LogP) is 4.26. The second kappa shape index (κ2) is 7.18. The molecule has 0 radical (unpaired) electrons. The van der Waals surface area contributed by atoms with Crippen LogP contribution in [0.3, 0.4) is 0 Å². The third kappa shape index (κ3) is 4.53. The summed E-state index contributed by atoms with van der Waals surface area (Å²) in [5, 5.41) is 0. The summed E-state index contributed by atoms with van der Waals surface area (Å²) in [6, 6.07) is 13.8. The van der Waals surface area contributed by atoms with Crippen molar-refractivity contribution >= 4 is 27.9 Å². The van der Waals surface area contributed by atoms with Crippen LogP contribution in [0.1, 0.15) is 11.1 Å². The molecule has 0 atom stereocenters. The van der Waals surface area contributed by atoms with Gasteiger partial charge in [-0.1, -0.05) is 46.3 Å². The molecule has 2 aromatic rings. The second-order valence-electron chi connectivity index (χ2n) is 4.67. The molecule has 0 aliphatic heterocycles. The lowest BCUT2D eigenvalue weighted by Gasteiger charge is -2.16. The van der Waals surface area contributed by atoms with Crippen molar-refractivity contribution in [1.29, 1.82) is 0 Å². The van der Waals surface area contributed by atoms with Gasteiger partial charge in [0.1, 0.15) is 5.82 Å². The lowest BCUT2D eigenvalue weighted by molar-refractivity contribution is -0.125. The topological polar surface area (TPSA) is 20.3 Å². The Balaban J connectivity index is 1.99. The van der Waals surface area contributed by atoms with Crippen molar-refractivity contribution < 1.29 is 9.18 Å². The monoisotopic (exact) mass is 347 g/mol. The van der Waals surface area contributed by atoms with Gasteiger partial charge in [-0.2, -0.15) is 0 Å². The fourth-order valence-corrected chi connectivity index (χ4v) is 2.24. The second-order valence-corrected chi connectivity index (χ2v) is 5.52. The molecule has 21 heavy (non-hydrogen) atoms. The molecule has 2 rings (SSSR count). The van der Waals surface area contributed by atoms with Gasteiger partial charge in [0.25, 0.3) is 0 Å². The van der Waals surface area contributed by atoms with Crippen LogP contribution in [0.2, 0.25) is 0 Å². The summed E-state index contributed by atoms with van der Waals surface area (Å²) in [6.45, 7) is 0.522. The zero-order valence-corrected chi connectivity index (χ0v) is 13.2. The van der Waals surface area contributed by atoms with Crippen LogP contribution in [0.5, 0.6) is 0 Å². The highest BCUT2D eigenvalue weighted by atomic mass is 79.9. The highest BCUT2D eigenvalue weighted by Gasteiger charge is 2.07. The lowest BCUT2D eigenvalue weighted by atomic mass is 10.2. The molecule has 108 valence electrons. The van der Waals surface area contributed by atoms with Crippen LogP contribution >= 0.6 is 15.9 Å². The van der Waals surface area contributed by atoms with Crippen LogP contribution < -0.4 is 0 Å². The maximum atomic E-state index is 12.8.